The van der Waals surface area contributed by atoms with Crippen LogP contribution in [0.15, 0.2) is 22.7 Å². The van der Waals surface area contributed by atoms with Crippen molar-refractivity contribution >= 4 is 21.6 Å². The number of nitrogens with zero attached hydrogens (tertiary/aromatic N) is 1. The number of rotatable bonds is 5. The SMILES string of the molecule is OC(CNc1ccc(Br)c(F)c1)CN1CCOCC1. The van der Waals surface area contributed by atoms with Gasteiger partial charge >= 0.3 is 0 Å². The summed E-state index contributed by atoms with van der Waals surface area (Å²) in [6, 6.07) is 4.83. The van der Waals surface area contributed by atoms with Gasteiger partial charge in [-0.3, -0.25) is 4.90 Å². The quantitative estimate of drug-likeness (QED) is 0.861. The zero-order chi connectivity index (χ0) is 13.7. The molecule has 1 fully saturated rings. The van der Waals surface area contributed by atoms with Gasteiger partial charge in [-0.15, -0.1) is 0 Å². The number of halogens is 2. The van der Waals surface area contributed by atoms with Gasteiger partial charge in [-0.05, 0) is 34.1 Å². The minimum absolute atomic E-state index is 0.312. The molecule has 0 aliphatic carbocycles. The molecule has 19 heavy (non-hydrogen) atoms. The van der Waals surface area contributed by atoms with Crippen molar-refractivity contribution in [1.29, 1.82) is 0 Å². The molecule has 0 radical (unpaired) electrons. The lowest BCUT2D eigenvalue weighted by atomic mass is 10.2. The highest BCUT2D eigenvalue weighted by atomic mass is 79.9. The Bertz CT molecular complexity index is 414. The number of hydrogen-bond acceptors (Lipinski definition) is 4. The first-order chi connectivity index (χ1) is 9.15. The number of β-amino-alcohol motifs (C(OH)–C–C–N with tert-alkyl or cyclic N) is 1. The van der Waals surface area contributed by atoms with Gasteiger partial charge in [0.25, 0.3) is 0 Å². The second-order valence-electron chi connectivity index (χ2n) is 4.58. The molecule has 6 heteroatoms. The number of ether oxygens (including phenoxy) is 1. The minimum atomic E-state index is -0.482. The first kappa shape index (κ1) is 14.7. The Morgan fingerprint density at radius 2 is 2.16 bits per heavy atom. The summed E-state index contributed by atoms with van der Waals surface area (Å²) in [7, 11) is 0. The smallest absolute Gasteiger partial charge is 0.139 e. The van der Waals surface area contributed by atoms with Gasteiger partial charge < -0.3 is 15.2 Å². The van der Waals surface area contributed by atoms with Crippen LogP contribution in [-0.2, 0) is 4.74 Å². The Labute approximate surface area is 120 Å². The summed E-state index contributed by atoms with van der Waals surface area (Å²) in [5.74, 6) is -0.312. The molecule has 1 aliphatic heterocycles. The number of aliphatic hydroxyl groups excluding tert-OH is 1. The Hall–Kier alpha value is -0.690. The molecule has 0 saturated carbocycles. The van der Waals surface area contributed by atoms with Crippen LogP contribution in [0.2, 0.25) is 0 Å². The fourth-order valence-corrected chi connectivity index (χ4v) is 2.23. The molecule has 1 aromatic carbocycles. The van der Waals surface area contributed by atoms with E-state index in [1.165, 1.54) is 6.07 Å². The van der Waals surface area contributed by atoms with E-state index >= 15 is 0 Å². The molecule has 4 nitrogen and oxygen atoms in total. The highest BCUT2D eigenvalue weighted by molar-refractivity contribution is 9.10. The summed E-state index contributed by atoms with van der Waals surface area (Å²) < 4.78 is 19.0. The van der Waals surface area contributed by atoms with Gasteiger partial charge in [0, 0.05) is 31.9 Å². The van der Waals surface area contributed by atoms with E-state index in [4.69, 9.17) is 4.74 Å². The van der Waals surface area contributed by atoms with Crippen molar-refractivity contribution in [2.45, 2.75) is 6.10 Å². The zero-order valence-corrected chi connectivity index (χ0v) is 12.2. The van der Waals surface area contributed by atoms with Gasteiger partial charge in [0.1, 0.15) is 5.82 Å². The van der Waals surface area contributed by atoms with E-state index in [2.05, 4.69) is 26.1 Å². The van der Waals surface area contributed by atoms with Crippen molar-refractivity contribution in [1.82, 2.24) is 4.90 Å². The lowest BCUT2D eigenvalue weighted by Gasteiger charge is -2.28. The van der Waals surface area contributed by atoms with Crippen LogP contribution in [0.25, 0.3) is 0 Å². The summed E-state index contributed by atoms with van der Waals surface area (Å²) in [6.45, 7) is 4.15. The van der Waals surface area contributed by atoms with Gasteiger partial charge in [-0.2, -0.15) is 0 Å². The first-order valence-electron chi connectivity index (χ1n) is 6.32. The van der Waals surface area contributed by atoms with E-state index in [0.717, 1.165) is 26.3 Å². The van der Waals surface area contributed by atoms with Crippen LogP contribution >= 0.6 is 15.9 Å². The molecule has 2 N–H and O–H groups in total. The van der Waals surface area contributed by atoms with Crippen LogP contribution in [0, 0.1) is 5.82 Å². The highest BCUT2D eigenvalue weighted by Gasteiger charge is 2.14. The third kappa shape index (κ3) is 4.72. The van der Waals surface area contributed by atoms with Crippen molar-refractivity contribution in [3.8, 4) is 0 Å². The molecular formula is C13H18BrFN2O2. The van der Waals surface area contributed by atoms with Gasteiger partial charge in [0.2, 0.25) is 0 Å². The predicted molar refractivity (Wildman–Crippen MR) is 75.9 cm³/mol. The minimum Gasteiger partial charge on any atom is -0.390 e. The standard InChI is InChI=1S/C13H18BrFN2O2/c14-12-2-1-10(7-13(12)15)16-8-11(18)9-17-3-5-19-6-4-17/h1-2,7,11,16,18H,3-6,8-9H2. The Kier molecular flexibility index (Phi) is 5.57. The number of morpholine rings is 1. The van der Waals surface area contributed by atoms with Crippen LogP contribution in [-0.4, -0.2) is 55.5 Å². The molecule has 1 aromatic rings. The van der Waals surface area contributed by atoms with Gasteiger partial charge in [0.05, 0.1) is 23.8 Å². The van der Waals surface area contributed by atoms with Crippen molar-refractivity contribution in [3.63, 3.8) is 0 Å². The first-order valence-corrected chi connectivity index (χ1v) is 7.11. The second-order valence-corrected chi connectivity index (χ2v) is 5.43. The van der Waals surface area contributed by atoms with E-state index in [0.29, 0.717) is 23.2 Å². The van der Waals surface area contributed by atoms with Crippen molar-refractivity contribution in [2.75, 3.05) is 44.7 Å². The molecule has 1 unspecified atom stereocenters. The van der Waals surface area contributed by atoms with Crippen molar-refractivity contribution in [2.24, 2.45) is 0 Å². The Balaban J connectivity index is 1.75. The van der Waals surface area contributed by atoms with E-state index in [9.17, 15) is 9.50 Å². The van der Waals surface area contributed by atoms with Gasteiger partial charge in [0.15, 0.2) is 0 Å². The van der Waals surface area contributed by atoms with E-state index in [1.54, 1.807) is 12.1 Å². The lowest BCUT2D eigenvalue weighted by Crippen LogP contribution is -2.42. The highest BCUT2D eigenvalue weighted by Crippen LogP contribution is 2.19. The van der Waals surface area contributed by atoms with Crippen LogP contribution in [0.4, 0.5) is 10.1 Å². The third-order valence-corrected chi connectivity index (χ3v) is 3.68. The van der Waals surface area contributed by atoms with Crippen LogP contribution in [0.5, 0.6) is 0 Å². The topological polar surface area (TPSA) is 44.7 Å². The van der Waals surface area contributed by atoms with Gasteiger partial charge in [-0.25, -0.2) is 4.39 Å². The van der Waals surface area contributed by atoms with Crippen LogP contribution in [0.3, 0.4) is 0 Å². The fourth-order valence-electron chi connectivity index (χ4n) is 1.99. The zero-order valence-electron chi connectivity index (χ0n) is 10.6. The summed E-state index contributed by atoms with van der Waals surface area (Å²) in [6.07, 6.45) is -0.482. The number of benzene rings is 1. The maximum absolute atomic E-state index is 13.3. The lowest BCUT2D eigenvalue weighted by molar-refractivity contribution is 0.0171. The molecule has 1 heterocycles. The third-order valence-electron chi connectivity index (χ3n) is 3.03. The summed E-state index contributed by atoms with van der Waals surface area (Å²) >= 11 is 3.10. The Morgan fingerprint density at radius 3 is 2.84 bits per heavy atom. The molecule has 0 amide bonds. The van der Waals surface area contributed by atoms with E-state index in [1.807, 2.05) is 0 Å². The Morgan fingerprint density at radius 1 is 1.42 bits per heavy atom. The molecule has 1 atom stereocenters. The molecule has 0 bridgehead atoms. The largest absolute Gasteiger partial charge is 0.390 e. The molecule has 0 spiro atoms. The van der Waals surface area contributed by atoms with Crippen molar-refractivity contribution < 1.29 is 14.2 Å². The monoisotopic (exact) mass is 332 g/mol. The predicted octanol–water partition coefficient (Wildman–Crippen LogP) is 1.69. The molecule has 2 rings (SSSR count). The maximum Gasteiger partial charge on any atom is 0.139 e. The normalized spacial score (nSPS) is 18.3. The maximum atomic E-state index is 13.3. The molecular weight excluding hydrogens is 315 g/mol. The van der Waals surface area contributed by atoms with E-state index in [-0.39, 0.29) is 5.82 Å². The molecule has 106 valence electrons. The molecule has 1 saturated heterocycles. The number of anilines is 1. The average Bonchev–Trinajstić information content (AvgIpc) is 2.41. The molecule has 1 aliphatic rings. The summed E-state index contributed by atoms with van der Waals surface area (Å²) in [4.78, 5) is 2.16. The van der Waals surface area contributed by atoms with Crippen molar-refractivity contribution in [3.05, 3.63) is 28.5 Å². The second kappa shape index (κ2) is 7.19. The molecule has 0 aromatic heterocycles. The average molecular weight is 333 g/mol. The summed E-state index contributed by atoms with van der Waals surface area (Å²) in [5.41, 5.74) is 0.668. The van der Waals surface area contributed by atoms with Crippen LogP contribution < -0.4 is 5.32 Å². The number of aliphatic hydroxyl groups is 1. The fraction of sp³-hybridized carbons (Fsp3) is 0.538. The summed E-state index contributed by atoms with van der Waals surface area (Å²) in [5, 5.41) is 13.0. The van der Waals surface area contributed by atoms with Crippen LogP contribution in [0.1, 0.15) is 0 Å². The van der Waals surface area contributed by atoms with E-state index < -0.39 is 6.10 Å². The number of nitrogens with one attached hydrogen (secondary N) is 1. The number of hydrogen-bond donors (Lipinski definition) is 2. The van der Waals surface area contributed by atoms with Gasteiger partial charge in [-0.1, -0.05) is 0 Å².